The van der Waals surface area contributed by atoms with Crippen LogP contribution in [0.2, 0.25) is 0 Å². The highest BCUT2D eigenvalue weighted by molar-refractivity contribution is 5.99. The Labute approximate surface area is 173 Å². The highest BCUT2D eigenvalue weighted by atomic mass is 16.3. The summed E-state index contributed by atoms with van der Waals surface area (Å²) in [5.74, 6) is 1.15. The molecule has 3 aromatic carbocycles. The fourth-order valence-corrected chi connectivity index (χ4v) is 3.95. The third-order valence-corrected chi connectivity index (χ3v) is 5.60. The number of phenolic OH excluding ortho intramolecular Hbond substituents is 1. The number of likely N-dealkylation sites (tertiary alicyclic amines) is 1. The minimum atomic E-state index is -0.0285. The summed E-state index contributed by atoms with van der Waals surface area (Å²) < 4.78 is 0. The average Bonchev–Trinajstić information content (AvgIpc) is 2.72. The Balaban J connectivity index is 1.47. The van der Waals surface area contributed by atoms with Crippen molar-refractivity contribution in [1.82, 2.24) is 14.9 Å². The van der Waals surface area contributed by atoms with Gasteiger partial charge < -0.3 is 15.3 Å². The molecule has 0 radical (unpaired) electrons. The molecule has 6 heteroatoms. The second-order valence-corrected chi connectivity index (χ2v) is 7.48. The lowest BCUT2D eigenvalue weighted by Gasteiger charge is -2.39. The Morgan fingerprint density at radius 3 is 2.77 bits per heavy atom. The van der Waals surface area contributed by atoms with E-state index in [1.165, 1.54) is 12.4 Å². The van der Waals surface area contributed by atoms with Crippen molar-refractivity contribution in [2.75, 3.05) is 18.4 Å². The molecule has 4 aromatic rings. The highest BCUT2D eigenvalue weighted by Gasteiger charge is 2.30. The van der Waals surface area contributed by atoms with Crippen molar-refractivity contribution in [3.05, 3.63) is 79.1 Å². The van der Waals surface area contributed by atoms with Gasteiger partial charge in [0.25, 0.3) is 0 Å². The van der Waals surface area contributed by atoms with Gasteiger partial charge >= 0.3 is 0 Å². The zero-order valence-electron chi connectivity index (χ0n) is 16.2. The molecular weight excluding hydrogens is 376 g/mol. The van der Waals surface area contributed by atoms with Crippen LogP contribution in [0.25, 0.3) is 21.7 Å². The standard InChI is InChI=1S/C24H20N4O2/c1-2-23(30)28-12-17(13-28)15-7-8-20-21(10-15)25-14-26-24(20)27-22-11-18(29)9-16-5-3-4-6-19(16)22/h2-11,14,17,29H,1,12-13H2,(H,25,26,27). The number of nitrogens with zero attached hydrogens (tertiary/aromatic N) is 3. The van der Waals surface area contributed by atoms with Crippen LogP contribution in [-0.2, 0) is 4.79 Å². The van der Waals surface area contributed by atoms with E-state index in [2.05, 4.69) is 34.0 Å². The molecule has 1 fully saturated rings. The molecule has 0 spiro atoms. The molecule has 1 saturated heterocycles. The van der Waals surface area contributed by atoms with Crippen LogP contribution < -0.4 is 5.32 Å². The van der Waals surface area contributed by atoms with E-state index in [1.807, 2.05) is 30.3 Å². The van der Waals surface area contributed by atoms with Crippen LogP contribution >= 0.6 is 0 Å². The maximum Gasteiger partial charge on any atom is 0.245 e. The number of carbonyl (C=O) groups is 1. The Morgan fingerprint density at radius 2 is 1.93 bits per heavy atom. The van der Waals surface area contributed by atoms with Crippen LogP contribution in [0.15, 0.2) is 73.6 Å². The van der Waals surface area contributed by atoms with Gasteiger partial charge in [-0.2, -0.15) is 0 Å². The molecule has 6 nitrogen and oxygen atoms in total. The summed E-state index contributed by atoms with van der Waals surface area (Å²) in [4.78, 5) is 22.3. The van der Waals surface area contributed by atoms with Crippen LogP contribution in [0.3, 0.4) is 0 Å². The van der Waals surface area contributed by atoms with E-state index in [4.69, 9.17) is 0 Å². The normalized spacial score (nSPS) is 13.9. The maximum atomic E-state index is 11.7. The van der Waals surface area contributed by atoms with E-state index >= 15 is 0 Å². The molecule has 1 aromatic heterocycles. The average molecular weight is 396 g/mol. The molecule has 0 atom stereocenters. The molecule has 2 heterocycles. The number of rotatable bonds is 4. The minimum absolute atomic E-state index is 0.0285. The number of amides is 1. The number of phenols is 1. The lowest BCUT2D eigenvalue weighted by atomic mass is 9.90. The Morgan fingerprint density at radius 1 is 1.10 bits per heavy atom. The monoisotopic (exact) mass is 396 g/mol. The third-order valence-electron chi connectivity index (χ3n) is 5.60. The molecule has 148 valence electrons. The molecule has 1 aliphatic heterocycles. The van der Waals surface area contributed by atoms with Crippen LogP contribution in [0, 0.1) is 0 Å². The fourth-order valence-electron chi connectivity index (χ4n) is 3.95. The second kappa shape index (κ2) is 7.15. The predicted molar refractivity (Wildman–Crippen MR) is 118 cm³/mol. The van der Waals surface area contributed by atoms with Crippen LogP contribution in [0.4, 0.5) is 11.5 Å². The van der Waals surface area contributed by atoms with Gasteiger partial charge in [0.1, 0.15) is 17.9 Å². The topological polar surface area (TPSA) is 78.4 Å². The zero-order valence-corrected chi connectivity index (χ0v) is 16.2. The first-order valence-electron chi connectivity index (χ1n) is 9.77. The van der Waals surface area contributed by atoms with Gasteiger partial charge in [0.15, 0.2) is 0 Å². The van der Waals surface area contributed by atoms with E-state index in [1.54, 1.807) is 17.0 Å². The van der Waals surface area contributed by atoms with Gasteiger partial charge in [0, 0.05) is 35.8 Å². The van der Waals surface area contributed by atoms with Crippen LogP contribution in [0.5, 0.6) is 5.75 Å². The molecule has 0 saturated carbocycles. The predicted octanol–water partition coefficient (Wildman–Crippen LogP) is 4.34. The number of nitrogens with one attached hydrogen (secondary N) is 1. The van der Waals surface area contributed by atoms with E-state index in [-0.39, 0.29) is 11.7 Å². The summed E-state index contributed by atoms with van der Waals surface area (Å²) in [6.07, 6.45) is 2.89. The molecule has 0 unspecified atom stereocenters. The maximum absolute atomic E-state index is 11.7. The third kappa shape index (κ3) is 3.12. The summed E-state index contributed by atoms with van der Waals surface area (Å²) in [7, 11) is 0. The summed E-state index contributed by atoms with van der Waals surface area (Å²) in [6, 6.07) is 17.4. The lowest BCUT2D eigenvalue weighted by molar-refractivity contribution is -0.130. The Bertz CT molecular complexity index is 1300. The number of anilines is 2. The number of hydrogen-bond acceptors (Lipinski definition) is 5. The first-order valence-corrected chi connectivity index (χ1v) is 9.77. The van der Waals surface area contributed by atoms with Crippen molar-refractivity contribution in [2.24, 2.45) is 0 Å². The molecule has 0 aliphatic carbocycles. The summed E-state index contributed by atoms with van der Waals surface area (Å²) >= 11 is 0. The number of hydrogen-bond donors (Lipinski definition) is 2. The van der Waals surface area contributed by atoms with Gasteiger partial charge in [-0.25, -0.2) is 9.97 Å². The van der Waals surface area contributed by atoms with Gasteiger partial charge in [0.2, 0.25) is 5.91 Å². The Hall–Kier alpha value is -3.93. The van der Waals surface area contributed by atoms with E-state index in [0.29, 0.717) is 24.8 Å². The van der Waals surface area contributed by atoms with Gasteiger partial charge in [-0.3, -0.25) is 4.79 Å². The minimum Gasteiger partial charge on any atom is -0.508 e. The molecule has 1 aliphatic rings. The van der Waals surface area contributed by atoms with Crippen molar-refractivity contribution in [2.45, 2.75) is 5.92 Å². The molecule has 2 N–H and O–H groups in total. The Kier molecular flexibility index (Phi) is 4.32. The van der Waals surface area contributed by atoms with Gasteiger partial charge in [0.05, 0.1) is 11.2 Å². The summed E-state index contributed by atoms with van der Waals surface area (Å²) in [6.45, 7) is 4.93. The van der Waals surface area contributed by atoms with Gasteiger partial charge in [-0.1, -0.05) is 36.9 Å². The highest BCUT2D eigenvalue weighted by Crippen LogP contribution is 2.34. The smallest absolute Gasteiger partial charge is 0.245 e. The zero-order chi connectivity index (χ0) is 20.7. The SMILES string of the molecule is C=CC(=O)N1CC(c2ccc3c(Nc4cc(O)cc5ccccc45)ncnc3c2)C1. The number of aromatic nitrogens is 2. The van der Waals surface area contributed by atoms with Gasteiger partial charge in [-0.05, 0) is 35.2 Å². The number of fused-ring (bicyclic) bond motifs is 2. The van der Waals surface area contributed by atoms with Gasteiger partial charge in [-0.15, -0.1) is 0 Å². The molecule has 0 bridgehead atoms. The molecule has 1 amide bonds. The van der Waals surface area contributed by atoms with Crippen molar-refractivity contribution in [3.63, 3.8) is 0 Å². The lowest BCUT2D eigenvalue weighted by Crippen LogP contribution is -2.47. The number of aromatic hydroxyl groups is 1. The summed E-state index contributed by atoms with van der Waals surface area (Å²) in [5.41, 5.74) is 2.78. The number of benzene rings is 3. The molecule has 30 heavy (non-hydrogen) atoms. The van der Waals surface area contributed by atoms with Crippen LogP contribution in [0.1, 0.15) is 11.5 Å². The largest absolute Gasteiger partial charge is 0.508 e. The molecular formula is C24H20N4O2. The van der Waals surface area contributed by atoms with Crippen molar-refractivity contribution in [1.29, 1.82) is 0 Å². The quantitative estimate of drug-likeness (QED) is 0.502. The van der Waals surface area contributed by atoms with Crippen molar-refractivity contribution >= 4 is 39.1 Å². The van der Waals surface area contributed by atoms with E-state index in [0.717, 1.165) is 32.9 Å². The number of carbonyl (C=O) groups excluding carboxylic acids is 1. The van der Waals surface area contributed by atoms with Crippen molar-refractivity contribution in [3.8, 4) is 5.75 Å². The second-order valence-electron chi connectivity index (χ2n) is 7.48. The van der Waals surface area contributed by atoms with Crippen LogP contribution in [-0.4, -0.2) is 39.0 Å². The van der Waals surface area contributed by atoms with E-state index in [9.17, 15) is 9.90 Å². The first kappa shape index (κ1) is 18.1. The summed E-state index contributed by atoms with van der Waals surface area (Å²) in [5, 5.41) is 16.3. The molecule has 5 rings (SSSR count). The first-order chi connectivity index (χ1) is 14.6. The van der Waals surface area contributed by atoms with Crippen molar-refractivity contribution < 1.29 is 9.90 Å². The van der Waals surface area contributed by atoms with E-state index < -0.39 is 0 Å². The fraction of sp³-hybridized carbons (Fsp3) is 0.125.